The Balaban J connectivity index is 2.25. The molecular weight excluding hydrogens is 300 g/mol. The molecule has 23 heavy (non-hydrogen) atoms. The van der Waals surface area contributed by atoms with Gasteiger partial charge in [-0.3, -0.25) is 0 Å². The molecule has 1 aromatic rings. The van der Waals surface area contributed by atoms with Crippen molar-refractivity contribution in [3.05, 3.63) is 34.3 Å². The molecule has 1 rings (SSSR count). The first kappa shape index (κ1) is 20.6. The van der Waals surface area contributed by atoms with Gasteiger partial charge >= 0.3 is 0 Å². The second-order valence-electron chi connectivity index (χ2n) is 7.00. The van der Waals surface area contributed by atoms with Crippen LogP contribution in [0.25, 0.3) is 0 Å². The zero-order chi connectivity index (χ0) is 16.8. The molecule has 0 aromatic heterocycles. The van der Waals surface area contributed by atoms with Crippen molar-refractivity contribution < 1.29 is 0 Å². The minimum atomic E-state index is 0.925. The molecule has 0 bridgehead atoms. The van der Waals surface area contributed by atoms with Crippen LogP contribution < -0.4 is 0 Å². The lowest BCUT2D eigenvalue weighted by atomic mass is 10.00. The first-order valence-corrected chi connectivity index (χ1v) is 10.4. The lowest BCUT2D eigenvalue weighted by molar-refractivity contribution is 0.605. The van der Waals surface area contributed by atoms with Crippen LogP contribution in [0, 0.1) is 0 Å². The van der Waals surface area contributed by atoms with Crippen LogP contribution in [-0.2, 0) is 12.8 Å². The monoisotopic (exact) mass is 336 g/mol. The van der Waals surface area contributed by atoms with Crippen molar-refractivity contribution in [3.63, 3.8) is 0 Å². The molecule has 0 saturated heterocycles. The summed E-state index contributed by atoms with van der Waals surface area (Å²) in [6, 6.07) is 6.72. The summed E-state index contributed by atoms with van der Waals surface area (Å²) in [7, 11) is 0. The van der Waals surface area contributed by atoms with Crippen molar-refractivity contribution in [2.24, 2.45) is 0 Å². The molecule has 0 atom stereocenters. The van der Waals surface area contributed by atoms with Crippen molar-refractivity contribution in [2.45, 2.75) is 104 Å². The molecule has 0 heterocycles. The van der Waals surface area contributed by atoms with E-state index in [1.807, 2.05) is 0 Å². The van der Waals surface area contributed by atoms with Gasteiger partial charge in [0, 0.05) is 5.02 Å². The minimum absolute atomic E-state index is 0.925. The smallest absolute Gasteiger partial charge is 0.0411 e. The van der Waals surface area contributed by atoms with E-state index >= 15 is 0 Å². The van der Waals surface area contributed by atoms with Crippen LogP contribution in [0.15, 0.2) is 18.2 Å². The molecule has 0 radical (unpaired) electrons. The number of unbranched alkanes of at least 4 members (excludes halogenated alkanes) is 10. The van der Waals surface area contributed by atoms with Gasteiger partial charge in [-0.25, -0.2) is 0 Å². The molecule has 0 aliphatic rings. The van der Waals surface area contributed by atoms with Gasteiger partial charge in [0.25, 0.3) is 0 Å². The summed E-state index contributed by atoms with van der Waals surface area (Å²) >= 11 is 6.31. The quantitative estimate of drug-likeness (QED) is 0.301. The maximum absolute atomic E-state index is 6.31. The number of hydrogen-bond acceptors (Lipinski definition) is 0. The second-order valence-corrected chi connectivity index (χ2v) is 7.44. The molecule has 0 N–H and O–H groups in total. The van der Waals surface area contributed by atoms with Crippen LogP contribution in [0.4, 0.5) is 0 Å². The molecule has 0 spiro atoms. The summed E-state index contributed by atoms with van der Waals surface area (Å²) in [6.45, 7) is 4.55. The molecule has 0 aliphatic carbocycles. The molecule has 0 aliphatic heterocycles. The van der Waals surface area contributed by atoms with Gasteiger partial charge in [0.2, 0.25) is 0 Å². The Morgan fingerprint density at radius 2 is 0.957 bits per heavy atom. The molecule has 0 fully saturated rings. The van der Waals surface area contributed by atoms with Crippen molar-refractivity contribution in [3.8, 4) is 0 Å². The fraction of sp³-hybridized carbons (Fsp3) is 0.727. The highest BCUT2D eigenvalue weighted by Crippen LogP contribution is 2.20. The molecule has 1 heteroatoms. The number of benzene rings is 1. The van der Waals surface area contributed by atoms with Gasteiger partial charge < -0.3 is 0 Å². The Hall–Kier alpha value is -0.490. The van der Waals surface area contributed by atoms with Gasteiger partial charge in [-0.15, -0.1) is 0 Å². The molecule has 0 nitrogen and oxygen atoms in total. The number of hydrogen-bond donors (Lipinski definition) is 0. The maximum Gasteiger partial charge on any atom is 0.0411 e. The van der Waals surface area contributed by atoms with Gasteiger partial charge in [0.05, 0.1) is 0 Å². The minimum Gasteiger partial charge on any atom is -0.0843 e. The predicted molar refractivity (Wildman–Crippen MR) is 106 cm³/mol. The predicted octanol–water partition coefficient (Wildman–Crippen LogP) is 8.15. The third kappa shape index (κ3) is 10.8. The van der Waals surface area contributed by atoms with E-state index < -0.39 is 0 Å². The van der Waals surface area contributed by atoms with Gasteiger partial charge in [0.1, 0.15) is 0 Å². The van der Waals surface area contributed by atoms with E-state index in [0.717, 1.165) is 5.02 Å². The molecule has 0 amide bonds. The average molecular weight is 337 g/mol. The van der Waals surface area contributed by atoms with Crippen LogP contribution in [0.2, 0.25) is 5.02 Å². The fourth-order valence-corrected chi connectivity index (χ4v) is 3.51. The molecule has 0 saturated carbocycles. The highest BCUT2D eigenvalue weighted by atomic mass is 35.5. The Labute approximate surface area is 150 Å². The van der Waals surface area contributed by atoms with E-state index in [9.17, 15) is 0 Å². The highest BCUT2D eigenvalue weighted by Gasteiger charge is 2.01. The first-order valence-electron chi connectivity index (χ1n) is 10.0. The van der Waals surface area contributed by atoms with Crippen molar-refractivity contribution >= 4 is 11.6 Å². The summed E-state index contributed by atoms with van der Waals surface area (Å²) < 4.78 is 0. The standard InChI is InChI=1S/C22H37Cl/c1-3-5-7-9-11-13-15-20-17-21(19-22(23)18-20)16-14-12-10-8-6-4-2/h17-19H,3-16H2,1-2H3. The molecule has 0 unspecified atom stereocenters. The molecule has 1 aromatic carbocycles. The lowest BCUT2D eigenvalue weighted by Crippen LogP contribution is -1.92. The zero-order valence-electron chi connectivity index (χ0n) is 15.5. The van der Waals surface area contributed by atoms with Crippen LogP contribution in [-0.4, -0.2) is 0 Å². The van der Waals surface area contributed by atoms with Crippen molar-refractivity contribution in [1.29, 1.82) is 0 Å². The maximum atomic E-state index is 6.31. The summed E-state index contributed by atoms with van der Waals surface area (Å²) in [5.41, 5.74) is 2.88. The summed E-state index contributed by atoms with van der Waals surface area (Å²) in [5, 5.41) is 0.925. The van der Waals surface area contributed by atoms with Gasteiger partial charge in [-0.05, 0) is 48.9 Å². The van der Waals surface area contributed by atoms with E-state index in [-0.39, 0.29) is 0 Å². The van der Waals surface area contributed by atoms with E-state index in [2.05, 4.69) is 32.0 Å². The van der Waals surface area contributed by atoms with Gasteiger partial charge in [-0.1, -0.05) is 95.7 Å². The Morgan fingerprint density at radius 1 is 0.565 bits per heavy atom. The van der Waals surface area contributed by atoms with E-state index in [1.165, 1.54) is 101 Å². The van der Waals surface area contributed by atoms with Crippen molar-refractivity contribution in [2.75, 3.05) is 0 Å². The normalized spacial score (nSPS) is 11.1. The van der Waals surface area contributed by atoms with Gasteiger partial charge in [0.15, 0.2) is 0 Å². The summed E-state index contributed by atoms with van der Waals surface area (Å²) in [4.78, 5) is 0. The van der Waals surface area contributed by atoms with E-state index in [0.29, 0.717) is 0 Å². The number of halogens is 1. The highest BCUT2D eigenvalue weighted by molar-refractivity contribution is 6.30. The fourth-order valence-electron chi connectivity index (χ4n) is 3.22. The third-order valence-electron chi connectivity index (χ3n) is 4.66. The molecular formula is C22H37Cl. The van der Waals surface area contributed by atoms with Crippen LogP contribution >= 0.6 is 11.6 Å². The number of rotatable bonds is 14. The second kappa shape index (κ2) is 13.9. The Morgan fingerprint density at radius 3 is 1.39 bits per heavy atom. The molecule has 132 valence electrons. The SMILES string of the molecule is CCCCCCCCc1cc(Cl)cc(CCCCCCCC)c1. The lowest BCUT2D eigenvalue weighted by Gasteiger charge is -2.07. The average Bonchev–Trinajstić information content (AvgIpc) is 2.53. The number of aryl methyl sites for hydroxylation is 2. The topological polar surface area (TPSA) is 0 Å². The summed E-state index contributed by atoms with van der Waals surface area (Å²) in [6.07, 6.45) is 18.7. The van der Waals surface area contributed by atoms with Crippen LogP contribution in [0.5, 0.6) is 0 Å². The Bertz CT molecular complexity index is 363. The summed E-state index contributed by atoms with van der Waals surface area (Å²) in [5.74, 6) is 0. The Kier molecular flexibility index (Phi) is 12.4. The van der Waals surface area contributed by atoms with Crippen LogP contribution in [0.1, 0.15) is 102 Å². The largest absolute Gasteiger partial charge is 0.0843 e. The first-order chi connectivity index (χ1) is 11.3. The van der Waals surface area contributed by atoms with E-state index in [1.54, 1.807) is 0 Å². The third-order valence-corrected chi connectivity index (χ3v) is 4.87. The van der Waals surface area contributed by atoms with Gasteiger partial charge in [-0.2, -0.15) is 0 Å². The zero-order valence-corrected chi connectivity index (χ0v) is 16.3. The van der Waals surface area contributed by atoms with Crippen molar-refractivity contribution in [1.82, 2.24) is 0 Å². The van der Waals surface area contributed by atoms with E-state index in [4.69, 9.17) is 11.6 Å². The van der Waals surface area contributed by atoms with Crippen LogP contribution in [0.3, 0.4) is 0 Å².